The van der Waals surface area contributed by atoms with Crippen molar-refractivity contribution >= 4 is 23.4 Å². The molecule has 2 heterocycles. The zero-order valence-corrected chi connectivity index (χ0v) is 14.3. The van der Waals surface area contributed by atoms with E-state index in [1.165, 1.54) is 6.20 Å². The number of nitrogens with zero attached hydrogens (tertiary/aromatic N) is 1. The summed E-state index contributed by atoms with van der Waals surface area (Å²) in [7, 11) is 0. The molecular weight excluding hydrogens is 318 g/mol. The fraction of sp³-hybridized carbons (Fsp3) is 0.316. The first-order chi connectivity index (χ1) is 12.1. The van der Waals surface area contributed by atoms with Gasteiger partial charge in [-0.3, -0.25) is 4.79 Å². The van der Waals surface area contributed by atoms with E-state index < -0.39 is 0 Å². The van der Waals surface area contributed by atoms with Gasteiger partial charge in [-0.2, -0.15) is 0 Å². The summed E-state index contributed by atoms with van der Waals surface area (Å²) >= 11 is 0. The van der Waals surface area contributed by atoms with E-state index in [1.54, 1.807) is 19.1 Å². The number of nitrogens with one attached hydrogen (secondary N) is 2. The second-order valence-electron chi connectivity index (χ2n) is 5.98. The average Bonchev–Trinajstić information content (AvgIpc) is 2.62. The van der Waals surface area contributed by atoms with Gasteiger partial charge in [-0.05, 0) is 49.6 Å². The Bertz CT molecular complexity index is 787. The lowest BCUT2D eigenvalue weighted by atomic mass is 9.98. The van der Waals surface area contributed by atoms with Gasteiger partial charge in [0.2, 0.25) is 5.91 Å². The number of rotatable bonds is 5. The van der Waals surface area contributed by atoms with Gasteiger partial charge in [0.05, 0.1) is 12.2 Å². The third-order valence-corrected chi connectivity index (χ3v) is 4.16. The van der Waals surface area contributed by atoms with E-state index in [2.05, 4.69) is 21.7 Å². The Hall–Kier alpha value is -2.89. The smallest absolute Gasteiger partial charge is 0.339 e. The van der Waals surface area contributed by atoms with Crippen molar-refractivity contribution in [2.75, 3.05) is 17.2 Å². The van der Waals surface area contributed by atoms with Crippen LogP contribution in [-0.2, 0) is 16.0 Å². The summed E-state index contributed by atoms with van der Waals surface area (Å²) in [6.45, 7) is 4.16. The van der Waals surface area contributed by atoms with Crippen molar-refractivity contribution in [3.63, 3.8) is 0 Å². The van der Waals surface area contributed by atoms with Gasteiger partial charge >= 0.3 is 5.97 Å². The Morgan fingerprint density at radius 3 is 2.88 bits per heavy atom. The molecule has 0 bridgehead atoms. The number of amides is 1. The van der Waals surface area contributed by atoms with E-state index >= 15 is 0 Å². The quantitative estimate of drug-likeness (QED) is 0.817. The van der Waals surface area contributed by atoms with E-state index in [-0.39, 0.29) is 17.9 Å². The molecule has 0 unspecified atom stereocenters. The van der Waals surface area contributed by atoms with Crippen LogP contribution in [0, 0.1) is 0 Å². The molecule has 6 nitrogen and oxygen atoms in total. The van der Waals surface area contributed by atoms with Crippen LogP contribution in [0.4, 0.5) is 11.5 Å². The molecule has 3 rings (SSSR count). The molecule has 2 N–H and O–H groups in total. The Morgan fingerprint density at radius 1 is 1.32 bits per heavy atom. The van der Waals surface area contributed by atoms with Crippen molar-refractivity contribution in [1.82, 2.24) is 4.98 Å². The van der Waals surface area contributed by atoms with Crippen LogP contribution < -0.4 is 10.6 Å². The SMILES string of the molecule is CCOC(=O)c1ccc(N[C@H](C)c2ccc3c(c2)CCC(=O)N3)nc1. The number of pyridine rings is 1. The Labute approximate surface area is 146 Å². The predicted molar refractivity (Wildman–Crippen MR) is 95.6 cm³/mol. The number of carbonyl (C=O) groups excluding carboxylic acids is 2. The van der Waals surface area contributed by atoms with Crippen LogP contribution in [-0.4, -0.2) is 23.5 Å². The lowest BCUT2D eigenvalue weighted by Gasteiger charge is -2.20. The van der Waals surface area contributed by atoms with Crippen LogP contribution in [0.2, 0.25) is 0 Å². The Balaban J connectivity index is 1.69. The minimum atomic E-state index is -0.369. The maximum absolute atomic E-state index is 11.6. The molecule has 2 aromatic rings. The van der Waals surface area contributed by atoms with Crippen LogP contribution in [0.1, 0.15) is 47.8 Å². The molecule has 6 heteroatoms. The fourth-order valence-corrected chi connectivity index (χ4v) is 2.79. The minimum absolute atomic E-state index is 0.0453. The van der Waals surface area contributed by atoms with Crippen LogP contribution >= 0.6 is 0 Å². The molecule has 0 spiro atoms. The molecule has 0 aliphatic carbocycles. The van der Waals surface area contributed by atoms with Gasteiger partial charge in [0.1, 0.15) is 5.82 Å². The topological polar surface area (TPSA) is 80.3 Å². The van der Waals surface area contributed by atoms with Gasteiger partial charge < -0.3 is 15.4 Å². The zero-order chi connectivity index (χ0) is 17.8. The number of aryl methyl sites for hydroxylation is 1. The Kier molecular flexibility index (Phi) is 4.97. The van der Waals surface area contributed by atoms with Crippen molar-refractivity contribution < 1.29 is 14.3 Å². The number of fused-ring (bicyclic) bond motifs is 1. The third-order valence-electron chi connectivity index (χ3n) is 4.16. The van der Waals surface area contributed by atoms with Gasteiger partial charge in [0.15, 0.2) is 0 Å². The molecule has 1 aliphatic heterocycles. The predicted octanol–water partition coefficient (Wildman–Crippen LogP) is 3.32. The first kappa shape index (κ1) is 17.0. The summed E-state index contributed by atoms with van der Waals surface area (Å²) in [6.07, 6.45) is 2.79. The number of ether oxygens (including phenoxy) is 1. The van der Waals surface area contributed by atoms with Crippen molar-refractivity contribution in [3.05, 3.63) is 53.2 Å². The largest absolute Gasteiger partial charge is 0.462 e. The summed E-state index contributed by atoms with van der Waals surface area (Å²) in [4.78, 5) is 27.4. The molecule has 0 fully saturated rings. The summed E-state index contributed by atoms with van der Waals surface area (Å²) < 4.78 is 4.95. The molecular formula is C19H21N3O3. The minimum Gasteiger partial charge on any atom is -0.462 e. The molecule has 1 aromatic heterocycles. The number of hydrogen-bond donors (Lipinski definition) is 2. The Morgan fingerprint density at radius 2 is 2.16 bits per heavy atom. The standard InChI is InChI=1S/C19H21N3O3/c1-3-25-19(24)15-5-8-17(20-11-15)21-12(2)13-4-7-16-14(10-13)6-9-18(23)22-16/h4-5,7-8,10-12H,3,6,9H2,1-2H3,(H,20,21)(H,22,23)/t12-/m1/s1. The highest BCUT2D eigenvalue weighted by Gasteiger charge is 2.16. The maximum Gasteiger partial charge on any atom is 0.339 e. The normalized spacial score (nSPS) is 14.2. The average molecular weight is 339 g/mol. The fourth-order valence-electron chi connectivity index (χ4n) is 2.79. The highest BCUT2D eigenvalue weighted by molar-refractivity contribution is 5.94. The van der Waals surface area contributed by atoms with Gasteiger partial charge in [-0.15, -0.1) is 0 Å². The van der Waals surface area contributed by atoms with Crippen LogP contribution in [0.15, 0.2) is 36.5 Å². The van der Waals surface area contributed by atoms with Crippen molar-refractivity contribution in [3.8, 4) is 0 Å². The highest BCUT2D eigenvalue weighted by atomic mass is 16.5. The zero-order valence-electron chi connectivity index (χ0n) is 14.3. The second kappa shape index (κ2) is 7.34. The highest BCUT2D eigenvalue weighted by Crippen LogP contribution is 2.27. The lowest BCUT2D eigenvalue weighted by molar-refractivity contribution is -0.116. The van der Waals surface area contributed by atoms with Gasteiger partial charge in [0, 0.05) is 24.3 Å². The monoisotopic (exact) mass is 339 g/mol. The van der Waals surface area contributed by atoms with Crippen molar-refractivity contribution in [1.29, 1.82) is 0 Å². The third kappa shape index (κ3) is 3.96. The summed E-state index contributed by atoms with van der Waals surface area (Å²) in [5.41, 5.74) is 3.59. The molecule has 0 saturated heterocycles. The van der Waals surface area contributed by atoms with E-state index in [9.17, 15) is 9.59 Å². The first-order valence-electron chi connectivity index (χ1n) is 8.39. The number of carbonyl (C=O) groups is 2. The molecule has 130 valence electrons. The molecule has 1 aliphatic rings. The first-order valence-corrected chi connectivity index (χ1v) is 8.39. The van der Waals surface area contributed by atoms with Crippen LogP contribution in [0.25, 0.3) is 0 Å². The number of hydrogen-bond acceptors (Lipinski definition) is 5. The second-order valence-corrected chi connectivity index (χ2v) is 5.98. The molecule has 1 aromatic carbocycles. The number of anilines is 2. The summed E-state index contributed by atoms with van der Waals surface area (Å²) in [5.74, 6) is 0.384. The van der Waals surface area contributed by atoms with Crippen LogP contribution in [0.5, 0.6) is 0 Å². The van der Waals surface area contributed by atoms with Gasteiger partial charge in [-0.25, -0.2) is 9.78 Å². The number of benzene rings is 1. The summed E-state index contributed by atoms with van der Waals surface area (Å²) in [5, 5.41) is 6.21. The van der Waals surface area contributed by atoms with E-state index in [4.69, 9.17) is 4.74 Å². The molecule has 25 heavy (non-hydrogen) atoms. The van der Waals surface area contributed by atoms with Crippen molar-refractivity contribution in [2.45, 2.75) is 32.7 Å². The summed E-state index contributed by atoms with van der Waals surface area (Å²) in [6, 6.07) is 9.55. The van der Waals surface area contributed by atoms with Gasteiger partial charge in [-0.1, -0.05) is 12.1 Å². The van der Waals surface area contributed by atoms with E-state index in [1.807, 2.05) is 19.1 Å². The number of aromatic nitrogens is 1. The van der Waals surface area contributed by atoms with Gasteiger partial charge in [0.25, 0.3) is 0 Å². The van der Waals surface area contributed by atoms with Crippen molar-refractivity contribution in [2.24, 2.45) is 0 Å². The lowest BCUT2D eigenvalue weighted by Crippen LogP contribution is -2.19. The van der Waals surface area contributed by atoms with E-state index in [0.29, 0.717) is 24.4 Å². The molecule has 0 radical (unpaired) electrons. The van der Waals surface area contributed by atoms with E-state index in [0.717, 1.165) is 23.2 Å². The maximum atomic E-state index is 11.6. The van der Waals surface area contributed by atoms with Crippen LogP contribution in [0.3, 0.4) is 0 Å². The molecule has 0 saturated carbocycles. The molecule has 1 amide bonds. The number of esters is 1. The molecule has 1 atom stereocenters.